The van der Waals surface area contributed by atoms with Crippen LogP contribution in [0, 0.1) is 5.92 Å². The zero-order valence-electron chi connectivity index (χ0n) is 12.7. The molecule has 0 atom stereocenters. The van der Waals surface area contributed by atoms with E-state index >= 15 is 0 Å². The quantitative estimate of drug-likeness (QED) is 0.850. The second-order valence-electron chi connectivity index (χ2n) is 5.21. The molecule has 0 aliphatic rings. The molecular formula is C18H23NO2. The van der Waals surface area contributed by atoms with E-state index in [0.717, 1.165) is 24.3 Å². The Hall–Kier alpha value is -2.00. The zero-order chi connectivity index (χ0) is 15.1. The van der Waals surface area contributed by atoms with Crippen LogP contribution >= 0.6 is 0 Å². The molecule has 2 rings (SSSR count). The van der Waals surface area contributed by atoms with Gasteiger partial charge in [0.15, 0.2) is 0 Å². The molecular weight excluding hydrogens is 262 g/mol. The molecule has 0 aliphatic heterocycles. The van der Waals surface area contributed by atoms with Gasteiger partial charge in [0.2, 0.25) is 0 Å². The summed E-state index contributed by atoms with van der Waals surface area (Å²) in [4.78, 5) is 0. The van der Waals surface area contributed by atoms with Gasteiger partial charge in [-0.25, -0.2) is 0 Å². The first-order valence-electron chi connectivity index (χ1n) is 7.21. The van der Waals surface area contributed by atoms with E-state index in [1.165, 1.54) is 11.1 Å². The summed E-state index contributed by atoms with van der Waals surface area (Å²) in [5, 5.41) is 0. The summed E-state index contributed by atoms with van der Waals surface area (Å²) in [6.07, 6.45) is 1.90. The normalized spacial score (nSPS) is 10.7. The van der Waals surface area contributed by atoms with E-state index < -0.39 is 0 Å². The van der Waals surface area contributed by atoms with Gasteiger partial charge in [0.1, 0.15) is 11.5 Å². The standard InChI is InChI=1S/C18H23NO2/c1-20-17-7-3-5-14(11-17)9-16(13-19)10-15-6-4-8-18(12-15)21-2/h3-8,11-12,16H,9-10,13,19H2,1-2H3. The smallest absolute Gasteiger partial charge is 0.119 e. The van der Waals surface area contributed by atoms with Crippen molar-refractivity contribution in [1.82, 2.24) is 0 Å². The van der Waals surface area contributed by atoms with Crippen molar-refractivity contribution in [2.45, 2.75) is 12.8 Å². The van der Waals surface area contributed by atoms with Crippen LogP contribution in [0.5, 0.6) is 11.5 Å². The monoisotopic (exact) mass is 285 g/mol. The van der Waals surface area contributed by atoms with E-state index in [1.807, 2.05) is 24.3 Å². The molecule has 0 aromatic heterocycles. The summed E-state index contributed by atoms with van der Waals surface area (Å²) in [5.74, 6) is 2.19. The first kappa shape index (κ1) is 15.4. The Morgan fingerprint density at radius 3 is 1.71 bits per heavy atom. The minimum Gasteiger partial charge on any atom is -0.497 e. The van der Waals surface area contributed by atoms with Crippen molar-refractivity contribution >= 4 is 0 Å². The van der Waals surface area contributed by atoms with E-state index in [9.17, 15) is 0 Å². The van der Waals surface area contributed by atoms with Crippen LogP contribution in [-0.4, -0.2) is 20.8 Å². The van der Waals surface area contributed by atoms with Gasteiger partial charge in [0.05, 0.1) is 14.2 Å². The van der Waals surface area contributed by atoms with Crippen LogP contribution in [0.4, 0.5) is 0 Å². The summed E-state index contributed by atoms with van der Waals surface area (Å²) < 4.78 is 10.5. The average molecular weight is 285 g/mol. The van der Waals surface area contributed by atoms with Gasteiger partial charge in [0.25, 0.3) is 0 Å². The number of methoxy groups -OCH3 is 2. The molecule has 2 aromatic carbocycles. The maximum Gasteiger partial charge on any atom is 0.119 e. The molecule has 0 unspecified atom stereocenters. The highest BCUT2D eigenvalue weighted by molar-refractivity contribution is 5.30. The third kappa shape index (κ3) is 4.50. The Morgan fingerprint density at radius 1 is 0.857 bits per heavy atom. The van der Waals surface area contributed by atoms with E-state index in [2.05, 4.69) is 24.3 Å². The summed E-state index contributed by atoms with van der Waals surface area (Å²) in [6, 6.07) is 16.4. The second kappa shape index (κ2) is 7.70. The van der Waals surface area contributed by atoms with Crippen LogP contribution in [0.1, 0.15) is 11.1 Å². The van der Waals surface area contributed by atoms with Gasteiger partial charge in [-0.05, 0) is 60.7 Å². The Labute approximate surface area is 126 Å². The Kier molecular flexibility index (Phi) is 5.64. The minimum atomic E-state index is 0.407. The number of rotatable bonds is 7. The van der Waals surface area contributed by atoms with Crippen LogP contribution < -0.4 is 15.2 Å². The molecule has 112 valence electrons. The lowest BCUT2D eigenvalue weighted by Gasteiger charge is -2.16. The summed E-state index contributed by atoms with van der Waals surface area (Å²) >= 11 is 0. The first-order valence-corrected chi connectivity index (χ1v) is 7.21. The molecule has 0 fully saturated rings. The zero-order valence-corrected chi connectivity index (χ0v) is 12.7. The van der Waals surface area contributed by atoms with Crippen LogP contribution in [0.2, 0.25) is 0 Å². The maximum atomic E-state index is 5.95. The maximum absolute atomic E-state index is 5.95. The fourth-order valence-corrected chi connectivity index (χ4v) is 2.50. The molecule has 0 saturated carbocycles. The topological polar surface area (TPSA) is 44.5 Å². The lowest BCUT2D eigenvalue weighted by atomic mass is 9.92. The highest BCUT2D eigenvalue weighted by Gasteiger charge is 2.10. The lowest BCUT2D eigenvalue weighted by Crippen LogP contribution is -2.19. The molecule has 0 bridgehead atoms. The number of hydrogen-bond acceptors (Lipinski definition) is 3. The van der Waals surface area contributed by atoms with E-state index in [-0.39, 0.29) is 0 Å². The number of nitrogens with two attached hydrogens (primary N) is 1. The van der Waals surface area contributed by atoms with Gasteiger partial charge >= 0.3 is 0 Å². The van der Waals surface area contributed by atoms with E-state index in [0.29, 0.717) is 12.5 Å². The molecule has 0 heterocycles. The van der Waals surface area contributed by atoms with Crippen molar-refractivity contribution in [1.29, 1.82) is 0 Å². The van der Waals surface area contributed by atoms with Crippen molar-refractivity contribution < 1.29 is 9.47 Å². The van der Waals surface area contributed by atoms with Crippen molar-refractivity contribution in [2.24, 2.45) is 11.7 Å². The van der Waals surface area contributed by atoms with Crippen molar-refractivity contribution in [3.63, 3.8) is 0 Å². The molecule has 21 heavy (non-hydrogen) atoms. The van der Waals surface area contributed by atoms with Gasteiger partial charge < -0.3 is 15.2 Å². The third-order valence-corrected chi connectivity index (χ3v) is 3.65. The molecule has 0 spiro atoms. The third-order valence-electron chi connectivity index (χ3n) is 3.65. The molecule has 0 radical (unpaired) electrons. The predicted molar refractivity (Wildman–Crippen MR) is 85.9 cm³/mol. The number of ether oxygens (including phenoxy) is 2. The van der Waals surface area contributed by atoms with Crippen LogP contribution in [-0.2, 0) is 12.8 Å². The van der Waals surface area contributed by atoms with Gasteiger partial charge in [-0.3, -0.25) is 0 Å². The summed E-state index contributed by atoms with van der Waals surface area (Å²) in [7, 11) is 3.38. The molecule has 2 N–H and O–H groups in total. The van der Waals surface area contributed by atoms with E-state index in [1.54, 1.807) is 14.2 Å². The number of benzene rings is 2. The Balaban J connectivity index is 2.05. The molecule has 0 saturated heterocycles. The predicted octanol–water partition coefficient (Wildman–Crippen LogP) is 3.06. The first-order chi connectivity index (χ1) is 10.2. The fraction of sp³-hybridized carbons (Fsp3) is 0.333. The second-order valence-corrected chi connectivity index (χ2v) is 5.21. The lowest BCUT2D eigenvalue weighted by molar-refractivity contribution is 0.412. The van der Waals surface area contributed by atoms with Gasteiger partial charge in [-0.2, -0.15) is 0 Å². The largest absolute Gasteiger partial charge is 0.497 e. The Bertz CT molecular complexity index is 519. The highest BCUT2D eigenvalue weighted by Crippen LogP contribution is 2.20. The molecule has 2 aromatic rings. The molecule has 3 heteroatoms. The number of hydrogen-bond donors (Lipinski definition) is 1. The molecule has 3 nitrogen and oxygen atoms in total. The molecule has 0 aliphatic carbocycles. The average Bonchev–Trinajstić information content (AvgIpc) is 2.54. The highest BCUT2D eigenvalue weighted by atomic mass is 16.5. The Morgan fingerprint density at radius 2 is 1.33 bits per heavy atom. The van der Waals surface area contributed by atoms with Crippen LogP contribution in [0.15, 0.2) is 48.5 Å². The minimum absolute atomic E-state index is 0.407. The SMILES string of the molecule is COc1cccc(CC(CN)Cc2cccc(OC)c2)c1. The molecule has 0 amide bonds. The van der Waals surface area contributed by atoms with Crippen molar-refractivity contribution in [3.8, 4) is 11.5 Å². The summed E-state index contributed by atoms with van der Waals surface area (Å²) in [6.45, 7) is 0.661. The van der Waals surface area contributed by atoms with Crippen molar-refractivity contribution in [2.75, 3.05) is 20.8 Å². The fourth-order valence-electron chi connectivity index (χ4n) is 2.50. The van der Waals surface area contributed by atoms with Crippen LogP contribution in [0.3, 0.4) is 0 Å². The van der Waals surface area contributed by atoms with Crippen molar-refractivity contribution in [3.05, 3.63) is 59.7 Å². The summed E-state index contributed by atoms with van der Waals surface area (Å²) in [5.41, 5.74) is 8.46. The van der Waals surface area contributed by atoms with Gasteiger partial charge in [-0.1, -0.05) is 24.3 Å². The van der Waals surface area contributed by atoms with E-state index in [4.69, 9.17) is 15.2 Å². The van der Waals surface area contributed by atoms with Gasteiger partial charge in [0, 0.05) is 0 Å². The van der Waals surface area contributed by atoms with Gasteiger partial charge in [-0.15, -0.1) is 0 Å². The van der Waals surface area contributed by atoms with Crippen LogP contribution in [0.25, 0.3) is 0 Å².